The van der Waals surface area contributed by atoms with E-state index in [1.165, 1.54) is 11.9 Å². The van der Waals surface area contributed by atoms with Crippen LogP contribution in [0.15, 0.2) is 53.4 Å². The summed E-state index contributed by atoms with van der Waals surface area (Å²) in [5.74, 6) is 1.27. The summed E-state index contributed by atoms with van der Waals surface area (Å²) in [5.41, 5.74) is 2.09. The molecule has 21 heavy (non-hydrogen) atoms. The van der Waals surface area contributed by atoms with Crippen LogP contribution in [0.5, 0.6) is 0 Å². The molecular weight excluding hydrogens is 266 g/mol. The van der Waals surface area contributed by atoms with E-state index in [-0.39, 0.29) is 0 Å². The molecule has 0 spiro atoms. The molecule has 0 aliphatic rings. The van der Waals surface area contributed by atoms with Crippen LogP contribution in [0.4, 0.5) is 0 Å². The van der Waals surface area contributed by atoms with E-state index in [0.717, 1.165) is 5.69 Å². The summed E-state index contributed by atoms with van der Waals surface area (Å²) in [5, 5.41) is 7.19. The van der Waals surface area contributed by atoms with Crippen molar-refractivity contribution < 1.29 is 4.52 Å². The fraction of sp³-hybridized carbons (Fsp3) is 0.200. The lowest BCUT2D eigenvalue weighted by molar-refractivity contribution is 0.363. The first kappa shape index (κ1) is 13.4. The summed E-state index contributed by atoms with van der Waals surface area (Å²) in [4.78, 5) is 12.4. The van der Waals surface area contributed by atoms with Crippen LogP contribution in [0.3, 0.4) is 0 Å². The zero-order valence-electron chi connectivity index (χ0n) is 11.4. The Labute approximate surface area is 122 Å². The minimum Gasteiger partial charge on any atom is -0.338 e. The second-order valence-corrected chi connectivity index (χ2v) is 4.57. The Hall–Kier alpha value is -2.60. The highest BCUT2D eigenvalue weighted by Gasteiger charge is 2.06. The van der Waals surface area contributed by atoms with E-state index in [0.29, 0.717) is 31.2 Å². The van der Waals surface area contributed by atoms with E-state index >= 15 is 0 Å². The highest BCUT2D eigenvalue weighted by atomic mass is 16.5. The fourth-order valence-corrected chi connectivity index (χ4v) is 1.93. The zero-order valence-corrected chi connectivity index (χ0v) is 11.4. The van der Waals surface area contributed by atoms with Gasteiger partial charge in [-0.2, -0.15) is 4.98 Å². The Bertz CT molecular complexity index is 669. The monoisotopic (exact) mass is 281 g/mol. The smallest absolute Gasteiger partial charge is 0.240 e. The van der Waals surface area contributed by atoms with Gasteiger partial charge in [-0.1, -0.05) is 35.5 Å². The molecule has 0 amide bonds. The largest absolute Gasteiger partial charge is 0.338 e. The molecule has 1 N–H and O–H groups in total. The lowest BCUT2D eigenvalue weighted by Gasteiger charge is -1.99. The molecule has 0 saturated carbocycles. The Morgan fingerprint density at radius 3 is 2.76 bits per heavy atom. The molecule has 3 rings (SSSR count). The van der Waals surface area contributed by atoms with Crippen LogP contribution in [-0.2, 0) is 19.5 Å². The second-order valence-electron chi connectivity index (χ2n) is 4.57. The molecule has 0 radical (unpaired) electrons. The maximum absolute atomic E-state index is 5.22. The van der Waals surface area contributed by atoms with Crippen molar-refractivity contribution in [2.75, 3.05) is 0 Å². The molecule has 2 aromatic heterocycles. The van der Waals surface area contributed by atoms with E-state index < -0.39 is 0 Å². The molecule has 106 valence electrons. The molecule has 0 unspecified atom stereocenters. The van der Waals surface area contributed by atoms with Crippen molar-refractivity contribution in [3.05, 3.63) is 71.9 Å². The Morgan fingerprint density at radius 1 is 1.05 bits per heavy atom. The van der Waals surface area contributed by atoms with Gasteiger partial charge in [-0.25, -0.2) is 9.97 Å². The lowest BCUT2D eigenvalue weighted by atomic mass is 10.1. The molecule has 0 fully saturated rings. The Balaban J connectivity index is 1.51. The van der Waals surface area contributed by atoms with E-state index in [9.17, 15) is 0 Å². The molecule has 3 aromatic rings. The highest BCUT2D eigenvalue weighted by molar-refractivity contribution is 5.18. The Morgan fingerprint density at radius 2 is 1.95 bits per heavy atom. The van der Waals surface area contributed by atoms with Gasteiger partial charge in [0.15, 0.2) is 5.82 Å². The van der Waals surface area contributed by atoms with E-state index in [4.69, 9.17) is 4.52 Å². The predicted octanol–water partition coefficient (Wildman–Crippen LogP) is 1.74. The van der Waals surface area contributed by atoms with Crippen molar-refractivity contribution in [2.45, 2.75) is 19.5 Å². The first-order chi connectivity index (χ1) is 10.4. The van der Waals surface area contributed by atoms with Crippen molar-refractivity contribution in [3.8, 4) is 0 Å². The molecular formula is C15H15N5O. The van der Waals surface area contributed by atoms with Crippen LogP contribution in [0.1, 0.15) is 23.0 Å². The van der Waals surface area contributed by atoms with Gasteiger partial charge in [-0.15, -0.1) is 0 Å². The third-order valence-corrected chi connectivity index (χ3v) is 2.94. The van der Waals surface area contributed by atoms with Gasteiger partial charge in [-0.3, -0.25) is 0 Å². The summed E-state index contributed by atoms with van der Waals surface area (Å²) in [7, 11) is 0. The first-order valence-corrected chi connectivity index (χ1v) is 6.71. The molecule has 0 saturated heterocycles. The van der Waals surface area contributed by atoms with Crippen molar-refractivity contribution in [3.63, 3.8) is 0 Å². The van der Waals surface area contributed by atoms with E-state index in [1.807, 2.05) is 36.4 Å². The molecule has 6 nitrogen and oxygen atoms in total. The standard InChI is InChI=1S/C15H15N5O/c1-2-4-12(5-3-1)8-14-19-15(21-20-14)10-17-9-13-6-7-16-11-18-13/h1-7,11,17H,8-10H2. The maximum Gasteiger partial charge on any atom is 0.240 e. The van der Waals surface area contributed by atoms with Crippen molar-refractivity contribution in [1.82, 2.24) is 25.4 Å². The summed E-state index contributed by atoms with van der Waals surface area (Å²) < 4.78 is 5.22. The minimum absolute atomic E-state index is 0.520. The van der Waals surface area contributed by atoms with Crippen LogP contribution >= 0.6 is 0 Å². The molecule has 0 bridgehead atoms. The highest BCUT2D eigenvalue weighted by Crippen LogP contribution is 2.06. The number of aromatic nitrogens is 4. The van der Waals surface area contributed by atoms with Gasteiger partial charge < -0.3 is 9.84 Å². The van der Waals surface area contributed by atoms with Gasteiger partial charge in [0.2, 0.25) is 5.89 Å². The van der Waals surface area contributed by atoms with Gasteiger partial charge in [0.25, 0.3) is 0 Å². The SMILES string of the molecule is c1ccc(Cc2noc(CNCc3ccncn3)n2)cc1. The van der Waals surface area contributed by atoms with Crippen molar-refractivity contribution >= 4 is 0 Å². The number of hydrogen-bond donors (Lipinski definition) is 1. The van der Waals surface area contributed by atoms with E-state index in [1.54, 1.807) is 6.20 Å². The average Bonchev–Trinajstić information content (AvgIpc) is 2.97. The predicted molar refractivity (Wildman–Crippen MR) is 76.1 cm³/mol. The van der Waals surface area contributed by atoms with Gasteiger partial charge >= 0.3 is 0 Å². The lowest BCUT2D eigenvalue weighted by Crippen LogP contribution is -2.13. The molecule has 2 heterocycles. The molecule has 0 aliphatic carbocycles. The number of nitrogens with zero attached hydrogens (tertiary/aromatic N) is 4. The molecule has 6 heteroatoms. The molecule has 0 aliphatic heterocycles. The van der Waals surface area contributed by atoms with Gasteiger partial charge in [0.05, 0.1) is 12.2 Å². The maximum atomic E-state index is 5.22. The number of nitrogens with one attached hydrogen (secondary N) is 1. The molecule has 0 atom stereocenters. The Kier molecular flexibility index (Phi) is 4.28. The van der Waals surface area contributed by atoms with Crippen LogP contribution < -0.4 is 5.32 Å². The normalized spacial score (nSPS) is 10.7. The third kappa shape index (κ3) is 3.93. The van der Waals surface area contributed by atoms with Crippen LogP contribution in [0, 0.1) is 0 Å². The summed E-state index contributed by atoms with van der Waals surface area (Å²) in [6, 6.07) is 11.9. The van der Waals surface area contributed by atoms with Crippen LogP contribution in [0.25, 0.3) is 0 Å². The first-order valence-electron chi connectivity index (χ1n) is 6.71. The summed E-state index contributed by atoms with van der Waals surface area (Å²) in [6.45, 7) is 1.16. The second kappa shape index (κ2) is 6.71. The third-order valence-electron chi connectivity index (χ3n) is 2.94. The van der Waals surface area contributed by atoms with Crippen molar-refractivity contribution in [1.29, 1.82) is 0 Å². The fourth-order valence-electron chi connectivity index (χ4n) is 1.93. The quantitative estimate of drug-likeness (QED) is 0.741. The minimum atomic E-state index is 0.520. The molecule has 1 aromatic carbocycles. The number of hydrogen-bond acceptors (Lipinski definition) is 6. The average molecular weight is 281 g/mol. The van der Waals surface area contributed by atoms with Crippen LogP contribution in [0.2, 0.25) is 0 Å². The van der Waals surface area contributed by atoms with Crippen LogP contribution in [-0.4, -0.2) is 20.1 Å². The topological polar surface area (TPSA) is 76.7 Å². The van der Waals surface area contributed by atoms with Gasteiger partial charge in [0.1, 0.15) is 6.33 Å². The zero-order chi connectivity index (χ0) is 14.3. The van der Waals surface area contributed by atoms with Crippen molar-refractivity contribution in [2.24, 2.45) is 0 Å². The number of rotatable bonds is 6. The van der Waals surface area contributed by atoms with E-state index in [2.05, 4.69) is 25.4 Å². The van der Waals surface area contributed by atoms with Gasteiger partial charge in [0, 0.05) is 19.2 Å². The summed E-state index contributed by atoms with van der Waals surface area (Å²) >= 11 is 0. The number of benzene rings is 1. The summed E-state index contributed by atoms with van der Waals surface area (Å²) in [6.07, 6.45) is 3.92. The van der Waals surface area contributed by atoms with Gasteiger partial charge in [-0.05, 0) is 11.6 Å².